The molecule has 1 fully saturated rings. The molecule has 182 valence electrons. The molecule has 3 aromatic carbocycles. The Hall–Kier alpha value is -3.33. The van der Waals surface area contributed by atoms with Crippen LogP contribution in [0.2, 0.25) is 0 Å². The number of nitrogens with zero attached hydrogens (tertiary/aromatic N) is 1. The van der Waals surface area contributed by atoms with E-state index in [4.69, 9.17) is 4.74 Å². The van der Waals surface area contributed by atoms with Crippen LogP contribution in [0.15, 0.2) is 83.8 Å². The van der Waals surface area contributed by atoms with Gasteiger partial charge in [0, 0.05) is 35.5 Å². The highest BCUT2D eigenvalue weighted by atomic mass is 32.2. The van der Waals surface area contributed by atoms with Crippen LogP contribution in [-0.2, 0) is 14.8 Å². The molecular weight excluding hydrogens is 464 g/mol. The van der Waals surface area contributed by atoms with E-state index in [9.17, 15) is 18.0 Å². The molecule has 0 radical (unpaired) electrons. The first-order valence-electron chi connectivity index (χ1n) is 11.5. The third kappa shape index (κ3) is 5.85. The first-order valence-corrected chi connectivity index (χ1v) is 12.9. The summed E-state index contributed by atoms with van der Waals surface area (Å²) in [5, 5.41) is 3.04. The van der Waals surface area contributed by atoms with Crippen LogP contribution in [-0.4, -0.2) is 56.1 Å². The number of hydrogen-bond donors (Lipinski definition) is 1. The van der Waals surface area contributed by atoms with Crippen LogP contribution in [0.5, 0.6) is 0 Å². The van der Waals surface area contributed by atoms with Crippen LogP contribution in [0, 0.1) is 0 Å². The summed E-state index contributed by atoms with van der Waals surface area (Å²) in [5.74, 6) is -0.365. The van der Waals surface area contributed by atoms with E-state index in [-0.39, 0.29) is 48.3 Å². The molecule has 7 nitrogen and oxygen atoms in total. The number of Topliss-reactive ketones (excluding diaryl/α,β-unsaturated/α-hetero) is 1. The molecule has 8 heteroatoms. The maximum Gasteiger partial charge on any atom is 0.243 e. The second-order valence-electron chi connectivity index (χ2n) is 8.66. The van der Waals surface area contributed by atoms with E-state index in [0.717, 1.165) is 0 Å². The van der Waals surface area contributed by atoms with Crippen molar-refractivity contribution < 1.29 is 22.7 Å². The number of morpholine rings is 1. The number of sulfonamides is 1. The van der Waals surface area contributed by atoms with Gasteiger partial charge in [-0.3, -0.25) is 9.59 Å². The molecule has 1 aliphatic rings. The zero-order chi connectivity index (χ0) is 25.0. The molecule has 4 rings (SSSR count). The van der Waals surface area contributed by atoms with Crippen LogP contribution in [0.4, 0.5) is 5.69 Å². The summed E-state index contributed by atoms with van der Waals surface area (Å²) in [6.07, 6.45) is -0.404. The molecule has 35 heavy (non-hydrogen) atoms. The Labute approximate surface area is 205 Å². The predicted molar refractivity (Wildman–Crippen MR) is 134 cm³/mol. The number of benzene rings is 3. The monoisotopic (exact) mass is 492 g/mol. The van der Waals surface area contributed by atoms with E-state index in [1.54, 1.807) is 48.5 Å². The minimum Gasteiger partial charge on any atom is -0.378 e. The number of ketones is 2. The molecule has 0 amide bonds. The Morgan fingerprint density at radius 1 is 0.857 bits per heavy atom. The molecule has 1 saturated heterocycles. The van der Waals surface area contributed by atoms with Gasteiger partial charge in [-0.05, 0) is 38.1 Å². The summed E-state index contributed by atoms with van der Waals surface area (Å²) < 4.78 is 33.4. The molecular formula is C27H28N2O5S. The summed E-state index contributed by atoms with van der Waals surface area (Å²) >= 11 is 0. The molecule has 1 N–H and O–H groups in total. The molecule has 0 aromatic heterocycles. The van der Waals surface area contributed by atoms with Crippen molar-refractivity contribution in [3.63, 3.8) is 0 Å². The molecule has 0 spiro atoms. The molecule has 1 heterocycles. The molecule has 3 aromatic rings. The molecule has 2 unspecified atom stereocenters. The number of anilines is 1. The summed E-state index contributed by atoms with van der Waals surface area (Å²) in [4.78, 5) is 25.6. The van der Waals surface area contributed by atoms with E-state index < -0.39 is 10.0 Å². The van der Waals surface area contributed by atoms with Crippen molar-refractivity contribution in [2.45, 2.75) is 31.0 Å². The van der Waals surface area contributed by atoms with Crippen molar-refractivity contribution in [1.29, 1.82) is 0 Å². The topological polar surface area (TPSA) is 92.8 Å². The Kier molecular flexibility index (Phi) is 7.45. The van der Waals surface area contributed by atoms with E-state index in [0.29, 0.717) is 22.4 Å². The minimum absolute atomic E-state index is 0.0435. The quantitative estimate of drug-likeness (QED) is 0.478. The minimum atomic E-state index is -3.75. The standard InChI is InChI=1S/C27H28N2O5S/c1-19-17-29(18-20(2)34-19)35(32,33)25-13-7-10-22(15-25)26(30)16-28-24-12-6-11-23(14-24)27(31)21-8-4-3-5-9-21/h3-15,19-20,28H,16-18H2,1-2H3. The Morgan fingerprint density at radius 3 is 2.20 bits per heavy atom. The smallest absolute Gasteiger partial charge is 0.243 e. The average Bonchev–Trinajstić information content (AvgIpc) is 2.87. The van der Waals surface area contributed by atoms with Gasteiger partial charge in [-0.1, -0.05) is 54.6 Å². The molecule has 2 atom stereocenters. The number of rotatable bonds is 8. The number of ether oxygens (including phenoxy) is 1. The second kappa shape index (κ2) is 10.5. The summed E-state index contributed by atoms with van der Waals surface area (Å²) in [6, 6.07) is 22.0. The zero-order valence-electron chi connectivity index (χ0n) is 19.7. The lowest BCUT2D eigenvalue weighted by atomic mass is 10.0. The van der Waals surface area contributed by atoms with Crippen LogP contribution < -0.4 is 5.32 Å². The molecule has 0 bridgehead atoms. The van der Waals surface area contributed by atoms with Crippen molar-refractivity contribution >= 4 is 27.3 Å². The van der Waals surface area contributed by atoms with Gasteiger partial charge < -0.3 is 10.1 Å². The normalized spacial score (nSPS) is 18.7. The summed E-state index contributed by atoms with van der Waals surface area (Å²) in [6.45, 7) is 4.17. The van der Waals surface area contributed by atoms with Crippen molar-refractivity contribution in [2.75, 3.05) is 25.0 Å². The van der Waals surface area contributed by atoms with Crippen molar-refractivity contribution in [1.82, 2.24) is 4.31 Å². The van der Waals surface area contributed by atoms with Crippen LogP contribution in [0.1, 0.15) is 40.1 Å². The van der Waals surface area contributed by atoms with E-state index >= 15 is 0 Å². The maximum absolute atomic E-state index is 13.2. The number of carbonyl (C=O) groups excluding carboxylic acids is 2. The highest BCUT2D eigenvalue weighted by Gasteiger charge is 2.32. The number of hydrogen-bond acceptors (Lipinski definition) is 6. The fraction of sp³-hybridized carbons (Fsp3) is 0.259. The fourth-order valence-corrected chi connectivity index (χ4v) is 5.75. The Balaban J connectivity index is 1.45. The largest absolute Gasteiger partial charge is 0.378 e. The van der Waals surface area contributed by atoms with E-state index in [2.05, 4.69) is 5.32 Å². The number of carbonyl (C=O) groups is 2. The highest BCUT2D eigenvalue weighted by molar-refractivity contribution is 7.89. The Bertz CT molecular complexity index is 1310. The first-order chi connectivity index (χ1) is 16.7. The van der Waals surface area contributed by atoms with Crippen LogP contribution in [0.3, 0.4) is 0 Å². The van der Waals surface area contributed by atoms with Crippen molar-refractivity contribution in [3.05, 3.63) is 95.6 Å². The van der Waals surface area contributed by atoms with Gasteiger partial charge in [-0.2, -0.15) is 4.31 Å². The predicted octanol–water partition coefficient (Wildman–Crippen LogP) is 4.01. The number of nitrogens with one attached hydrogen (secondary N) is 1. The average molecular weight is 493 g/mol. The highest BCUT2D eigenvalue weighted by Crippen LogP contribution is 2.22. The van der Waals surface area contributed by atoms with Gasteiger partial charge in [-0.15, -0.1) is 0 Å². The first kappa shape index (κ1) is 24.8. The molecule has 1 aliphatic heterocycles. The van der Waals surface area contributed by atoms with Gasteiger partial charge in [0.05, 0.1) is 23.6 Å². The van der Waals surface area contributed by atoms with Crippen LogP contribution >= 0.6 is 0 Å². The molecule has 0 aliphatic carbocycles. The maximum atomic E-state index is 13.2. The van der Waals surface area contributed by atoms with E-state index in [1.807, 2.05) is 32.0 Å². The van der Waals surface area contributed by atoms with Gasteiger partial charge in [0.15, 0.2) is 11.6 Å². The lowest BCUT2D eigenvalue weighted by Crippen LogP contribution is -2.48. The third-order valence-electron chi connectivity index (χ3n) is 5.79. The lowest BCUT2D eigenvalue weighted by molar-refractivity contribution is -0.0440. The van der Waals surface area contributed by atoms with Crippen molar-refractivity contribution in [2.24, 2.45) is 0 Å². The van der Waals surface area contributed by atoms with Gasteiger partial charge in [0.1, 0.15) is 0 Å². The van der Waals surface area contributed by atoms with Gasteiger partial charge in [0.2, 0.25) is 10.0 Å². The summed E-state index contributed by atoms with van der Waals surface area (Å²) in [5.41, 5.74) is 2.02. The SMILES string of the molecule is CC1CN(S(=O)(=O)c2cccc(C(=O)CNc3cccc(C(=O)c4ccccc4)c3)c2)CC(C)O1. The molecule has 0 saturated carbocycles. The van der Waals surface area contributed by atoms with Crippen LogP contribution in [0.25, 0.3) is 0 Å². The van der Waals surface area contributed by atoms with Gasteiger partial charge in [-0.25, -0.2) is 8.42 Å². The van der Waals surface area contributed by atoms with E-state index in [1.165, 1.54) is 16.4 Å². The fourth-order valence-electron chi connectivity index (χ4n) is 4.12. The third-order valence-corrected chi connectivity index (χ3v) is 7.62. The second-order valence-corrected chi connectivity index (χ2v) is 10.6. The van der Waals surface area contributed by atoms with Gasteiger partial charge in [0.25, 0.3) is 0 Å². The van der Waals surface area contributed by atoms with Gasteiger partial charge >= 0.3 is 0 Å². The Morgan fingerprint density at radius 2 is 1.49 bits per heavy atom. The zero-order valence-corrected chi connectivity index (χ0v) is 20.5. The lowest BCUT2D eigenvalue weighted by Gasteiger charge is -2.34. The van der Waals surface area contributed by atoms with Crippen molar-refractivity contribution in [3.8, 4) is 0 Å². The summed E-state index contributed by atoms with van der Waals surface area (Å²) in [7, 11) is -3.75.